The number of aliphatic hydroxyl groups is 1. The van der Waals surface area contributed by atoms with Crippen LogP contribution in [0, 0.1) is 0 Å². The van der Waals surface area contributed by atoms with Gasteiger partial charge in [0.1, 0.15) is 30.0 Å². The van der Waals surface area contributed by atoms with E-state index in [4.69, 9.17) is 14.2 Å². The number of halogens is 1. The molecule has 0 bridgehead atoms. The maximum absolute atomic E-state index is 10.2. The van der Waals surface area contributed by atoms with E-state index in [1.165, 1.54) is 5.56 Å². The molecular weight excluding hydrogens is 366 g/mol. The van der Waals surface area contributed by atoms with Gasteiger partial charge in [0.25, 0.3) is 0 Å². The summed E-state index contributed by atoms with van der Waals surface area (Å²) in [6.07, 6.45) is 0.260. The van der Waals surface area contributed by atoms with Gasteiger partial charge in [0.15, 0.2) is 0 Å². The topological polar surface area (TPSA) is 60.0 Å². The van der Waals surface area contributed by atoms with Gasteiger partial charge in [-0.3, -0.25) is 0 Å². The average molecular weight is 396 g/mol. The fourth-order valence-electron chi connectivity index (χ4n) is 2.63. The van der Waals surface area contributed by atoms with E-state index < -0.39 is 6.10 Å². The summed E-state index contributed by atoms with van der Waals surface area (Å²) in [5.41, 5.74) is 1.07. The fourth-order valence-corrected chi connectivity index (χ4v) is 2.63. The number of benzene rings is 2. The molecule has 5 nitrogen and oxygen atoms in total. The number of hydrogen-bond acceptors (Lipinski definition) is 5. The molecular formula is C21H30ClNO4. The molecule has 27 heavy (non-hydrogen) atoms. The number of aliphatic hydroxyl groups excluding tert-OH is 1. The van der Waals surface area contributed by atoms with Gasteiger partial charge >= 0.3 is 0 Å². The van der Waals surface area contributed by atoms with Gasteiger partial charge < -0.3 is 24.6 Å². The Labute approximate surface area is 168 Å². The zero-order valence-electron chi connectivity index (χ0n) is 16.4. The summed E-state index contributed by atoms with van der Waals surface area (Å²) in [5, 5.41) is 13.6. The number of hydrogen-bond donors (Lipinski definition) is 2. The molecule has 0 aliphatic rings. The number of β-amino-alcohol motifs (C(OH)–C–C–N with tert-alkyl or cyclic N) is 1. The summed E-state index contributed by atoms with van der Waals surface area (Å²) in [7, 11) is 3.29. The first-order valence-electron chi connectivity index (χ1n) is 8.75. The van der Waals surface area contributed by atoms with Gasteiger partial charge in [0.2, 0.25) is 0 Å². The van der Waals surface area contributed by atoms with E-state index in [1.807, 2.05) is 36.4 Å². The van der Waals surface area contributed by atoms with Crippen molar-refractivity contribution in [3.05, 3.63) is 54.1 Å². The Morgan fingerprint density at radius 1 is 0.889 bits per heavy atom. The molecule has 0 radical (unpaired) electrons. The van der Waals surface area contributed by atoms with Crippen LogP contribution >= 0.6 is 12.4 Å². The lowest BCUT2D eigenvalue weighted by Gasteiger charge is -2.28. The second-order valence-electron chi connectivity index (χ2n) is 6.93. The second-order valence-corrected chi connectivity index (χ2v) is 6.93. The molecule has 2 aromatic rings. The van der Waals surface area contributed by atoms with Gasteiger partial charge in [-0.2, -0.15) is 0 Å². The van der Waals surface area contributed by atoms with E-state index in [2.05, 4.69) is 31.3 Å². The van der Waals surface area contributed by atoms with Crippen molar-refractivity contribution in [2.24, 2.45) is 0 Å². The van der Waals surface area contributed by atoms with Crippen molar-refractivity contribution in [2.45, 2.75) is 31.9 Å². The van der Waals surface area contributed by atoms with Crippen molar-refractivity contribution in [3.63, 3.8) is 0 Å². The van der Waals surface area contributed by atoms with E-state index in [1.54, 1.807) is 14.2 Å². The van der Waals surface area contributed by atoms with Gasteiger partial charge in [-0.05, 0) is 62.2 Å². The number of nitrogens with one attached hydrogen (secondary N) is 1. The zero-order chi connectivity index (χ0) is 19.0. The maximum Gasteiger partial charge on any atom is 0.119 e. The van der Waals surface area contributed by atoms with Crippen molar-refractivity contribution in [1.82, 2.24) is 5.32 Å². The molecule has 1 atom stereocenters. The van der Waals surface area contributed by atoms with E-state index in [0.29, 0.717) is 12.3 Å². The van der Waals surface area contributed by atoms with Crippen LogP contribution in [0.3, 0.4) is 0 Å². The van der Waals surface area contributed by atoms with Crippen molar-refractivity contribution in [2.75, 3.05) is 27.4 Å². The van der Waals surface area contributed by atoms with Crippen LogP contribution in [0.15, 0.2) is 48.5 Å². The summed E-state index contributed by atoms with van der Waals surface area (Å²) in [6.45, 7) is 4.93. The Morgan fingerprint density at radius 3 is 1.89 bits per heavy atom. The van der Waals surface area contributed by atoms with Crippen LogP contribution in [-0.2, 0) is 6.42 Å². The smallest absolute Gasteiger partial charge is 0.119 e. The molecule has 150 valence electrons. The molecule has 6 heteroatoms. The van der Waals surface area contributed by atoms with Crippen LogP contribution in [0.25, 0.3) is 0 Å². The van der Waals surface area contributed by atoms with Crippen LogP contribution in [-0.4, -0.2) is 44.1 Å². The van der Waals surface area contributed by atoms with Crippen LogP contribution in [0.5, 0.6) is 17.2 Å². The monoisotopic (exact) mass is 395 g/mol. The lowest BCUT2D eigenvalue weighted by molar-refractivity contribution is 0.0988. The summed E-state index contributed by atoms with van der Waals surface area (Å²) >= 11 is 0. The molecule has 1 unspecified atom stereocenters. The average Bonchev–Trinajstić information content (AvgIpc) is 2.65. The SMILES string of the molecule is COc1ccc(CC(C)(C)NCC(O)COc2ccc(OC)cc2)cc1.Cl. The van der Waals surface area contributed by atoms with Gasteiger partial charge in [-0.1, -0.05) is 12.1 Å². The van der Waals surface area contributed by atoms with Gasteiger partial charge in [0.05, 0.1) is 14.2 Å². The van der Waals surface area contributed by atoms with Gasteiger partial charge in [0, 0.05) is 12.1 Å². The number of ether oxygens (including phenoxy) is 3. The highest BCUT2D eigenvalue weighted by atomic mass is 35.5. The molecule has 0 heterocycles. The summed E-state index contributed by atoms with van der Waals surface area (Å²) in [6, 6.07) is 15.4. The molecule has 0 aliphatic carbocycles. The molecule has 2 rings (SSSR count). The van der Waals surface area contributed by atoms with Crippen molar-refractivity contribution in [3.8, 4) is 17.2 Å². The predicted molar refractivity (Wildman–Crippen MR) is 111 cm³/mol. The molecule has 2 N–H and O–H groups in total. The zero-order valence-corrected chi connectivity index (χ0v) is 17.2. The van der Waals surface area contributed by atoms with E-state index >= 15 is 0 Å². The molecule has 0 aromatic heterocycles. The Morgan fingerprint density at radius 2 is 1.37 bits per heavy atom. The Balaban J connectivity index is 0.00000364. The third kappa shape index (κ3) is 8.08. The van der Waals surface area contributed by atoms with E-state index in [0.717, 1.165) is 17.9 Å². The molecule has 2 aromatic carbocycles. The third-order valence-corrected chi connectivity index (χ3v) is 4.12. The molecule has 0 saturated heterocycles. The van der Waals surface area contributed by atoms with E-state index in [9.17, 15) is 5.11 Å². The Bertz CT molecular complexity index is 659. The highest BCUT2D eigenvalue weighted by Crippen LogP contribution is 2.18. The number of rotatable bonds is 10. The molecule has 0 saturated carbocycles. The summed E-state index contributed by atoms with van der Waals surface area (Å²) < 4.78 is 15.9. The highest BCUT2D eigenvalue weighted by Gasteiger charge is 2.19. The van der Waals surface area contributed by atoms with Crippen molar-refractivity contribution >= 4 is 12.4 Å². The van der Waals surface area contributed by atoms with Crippen LogP contribution in [0.2, 0.25) is 0 Å². The minimum absolute atomic E-state index is 0. The van der Waals surface area contributed by atoms with E-state index in [-0.39, 0.29) is 24.6 Å². The summed E-state index contributed by atoms with van der Waals surface area (Å²) in [5.74, 6) is 2.34. The van der Waals surface area contributed by atoms with Crippen LogP contribution in [0.4, 0.5) is 0 Å². The van der Waals surface area contributed by atoms with Gasteiger partial charge in [-0.25, -0.2) is 0 Å². The van der Waals surface area contributed by atoms with Crippen LogP contribution < -0.4 is 19.5 Å². The fraction of sp³-hybridized carbons (Fsp3) is 0.429. The van der Waals surface area contributed by atoms with Crippen LogP contribution in [0.1, 0.15) is 19.4 Å². The first kappa shape index (κ1) is 23.1. The Hall–Kier alpha value is -1.95. The first-order chi connectivity index (χ1) is 12.4. The number of methoxy groups -OCH3 is 2. The first-order valence-corrected chi connectivity index (χ1v) is 8.75. The van der Waals surface area contributed by atoms with Crippen molar-refractivity contribution in [1.29, 1.82) is 0 Å². The lowest BCUT2D eigenvalue weighted by atomic mass is 9.94. The second kappa shape index (κ2) is 11.0. The molecule has 0 fully saturated rings. The quantitative estimate of drug-likeness (QED) is 0.645. The third-order valence-electron chi connectivity index (χ3n) is 4.12. The van der Waals surface area contributed by atoms with Gasteiger partial charge in [-0.15, -0.1) is 12.4 Å². The lowest BCUT2D eigenvalue weighted by Crippen LogP contribution is -2.46. The minimum atomic E-state index is -0.591. The normalized spacial score (nSPS) is 12.0. The predicted octanol–water partition coefficient (Wildman–Crippen LogP) is 3.48. The molecule has 0 spiro atoms. The standard InChI is InChI=1S/C21H29NO4.ClH/c1-21(2,13-16-5-7-18(24-3)8-6-16)22-14-17(23)15-26-20-11-9-19(25-4)10-12-20;/h5-12,17,22-23H,13-15H2,1-4H3;1H. The largest absolute Gasteiger partial charge is 0.497 e. The maximum atomic E-state index is 10.2. The summed E-state index contributed by atoms with van der Waals surface area (Å²) in [4.78, 5) is 0. The highest BCUT2D eigenvalue weighted by molar-refractivity contribution is 5.85. The molecule has 0 amide bonds. The van der Waals surface area contributed by atoms with Crippen molar-refractivity contribution < 1.29 is 19.3 Å². The minimum Gasteiger partial charge on any atom is -0.497 e. The molecule has 0 aliphatic heterocycles. The Kier molecular flexibility index (Phi) is 9.43.